The first-order chi connectivity index (χ1) is 12.7. The Morgan fingerprint density at radius 1 is 1.04 bits per heavy atom. The molecule has 0 aliphatic heterocycles. The third-order valence-corrected chi connectivity index (χ3v) is 3.89. The van der Waals surface area contributed by atoms with E-state index in [1.54, 1.807) is 30.5 Å². The molecule has 0 saturated heterocycles. The molecule has 6 heteroatoms. The van der Waals surface area contributed by atoms with E-state index < -0.39 is 5.97 Å². The van der Waals surface area contributed by atoms with Gasteiger partial charge >= 0.3 is 5.97 Å². The van der Waals surface area contributed by atoms with E-state index in [1.165, 1.54) is 7.11 Å². The molecule has 0 atom stereocenters. The van der Waals surface area contributed by atoms with Gasteiger partial charge in [0.05, 0.1) is 24.5 Å². The Morgan fingerprint density at radius 2 is 1.92 bits per heavy atom. The molecular weight excluding hydrogens is 330 g/mol. The second-order valence-electron chi connectivity index (χ2n) is 5.59. The standard InChI is InChI=1S/C20H15N3O3/c1-25-20(24)13-6-4-7-14(12-13)21-18-15-8-2-3-9-16(15)22-19(23-18)17-10-5-11-26-17/h2-12H,1H3,(H,21,22,23). The molecule has 2 aromatic heterocycles. The Balaban J connectivity index is 1.79. The van der Waals surface area contributed by atoms with Crippen LogP contribution >= 0.6 is 0 Å². The van der Waals surface area contributed by atoms with Crippen LogP contribution in [0.15, 0.2) is 71.3 Å². The maximum atomic E-state index is 11.8. The number of aromatic nitrogens is 2. The minimum atomic E-state index is -0.391. The van der Waals surface area contributed by atoms with E-state index in [0.717, 1.165) is 16.6 Å². The molecule has 0 fully saturated rings. The molecule has 0 bridgehead atoms. The molecule has 6 nitrogen and oxygen atoms in total. The van der Waals surface area contributed by atoms with Gasteiger partial charge in [-0.15, -0.1) is 0 Å². The van der Waals surface area contributed by atoms with Crippen LogP contribution in [0, 0.1) is 0 Å². The summed E-state index contributed by atoms with van der Waals surface area (Å²) >= 11 is 0. The van der Waals surface area contributed by atoms with E-state index in [9.17, 15) is 4.79 Å². The van der Waals surface area contributed by atoms with E-state index >= 15 is 0 Å². The first-order valence-corrected chi connectivity index (χ1v) is 8.00. The molecule has 0 unspecified atom stereocenters. The summed E-state index contributed by atoms with van der Waals surface area (Å²) in [7, 11) is 1.36. The summed E-state index contributed by atoms with van der Waals surface area (Å²) < 4.78 is 10.2. The molecule has 0 saturated carbocycles. The quantitative estimate of drug-likeness (QED) is 0.552. The van der Waals surface area contributed by atoms with Crippen molar-refractivity contribution in [1.82, 2.24) is 9.97 Å². The van der Waals surface area contributed by atoms with Crippen LogP contribution in [0.3, 0.4) is 0 Å². The molecule has 2 heterocycles. The van der Waals surface area contributed by atoms with Gasteiger partial charge in [0, 0.05) is 11.1 Å². The molecule has 0 aliphatic carbocycles. The van der Waals surface area contributed by atoms with Gasteiger partial charge in [0.1, 0.15) is 5.82 Å². The normalized spacial score (nSPS) is 10.7. The number of carbonyl (C=O) groups is 1. The van der Waals surface area contributed by atoms with Crippen LogP contribution in [0.2, 0.25) is 0 Å². The molecule has 26 heavy (non-hydrogen) atoms. The molecular formula is C20H15N3O3. The number of esters is 1. The summed E-state index contributed by atoms with van der Waals surface area (Å²) in [5, 5.41) is 4.13. The number of para-hydroxylation sites is 1. The molecule has 0 aliphatic rings. The lowest BCUT2D eigenvalue weighted by Gasteiger charge is -2.11. The minimum Gasteiger partial charge on any atom is -0.465 e. The number of nitrogens with one attached hydrogen (secondary N) is 1. The number of methoxy groups -OCH3 is 1. The smallest absolute Gasteiger partial charge is 0.337 e. The summed E-state index contributed by atoms with van der Waals surface area (Å²) in [5.41, 5.74) is 1.98. The maximum Gasteiger partial charge on any atom is 0.337 e. The van der Waals surface area contributed by atoms with Gasteiger partial charge in [0.2, 0.25) is 0 Å². The summed E-state index contributed by atoms with van der Waals surface area (Å²) in [6, 6.07) is 18.4. The summed E-state index contributed by atoms with van der Waals surface area (Å²) in [6.45, 7) is 0. The number of ether oxygens (including phenoxy) is 1. The lowest BCUT2D eigenvalue weighted by molar-refractivity contribution is 0.0601. The molecule has 4 rings (SSSR count). The van der Waals surface area contributed by atoms with Crippen LogP contribution in [0.5, 0.6) is 0 Å². The van der Waals surface area contributed by atoms with Gasteiger partial charge in [-0.05, 0) is 42.5 Å². The van der Waals surface area contributed by atoms with Crippen LogP contribution in [0.25, 0.3) is 22.5 Å². The largest absolute Gasteiger partial charge is 0.465 e. The van der Waals surface area contributed by atoms with Gasteiger partial charge in [-0.25, -0.2) is 14.8 Å². The summed E-state index contributed by atoms with van der Waals surface area (Å²) in [4.78, 5) is 20.9. The van der Waals surface area contributed by atoms with Crippen LogP contribution in [0.4, 0.5) is 11.5 Å². The van der Waals surface area contributed by atoms with Crippen molar-refractivity contribution in [3.63, 3.8) is 0 Å². The summed E-state index contributed by atoms with van der Waals surface area (Å²) in [5.74, 6) is 1.31. The van der Waals surface area contributed by atoms with Crippen molar-refractivity contribution in [3.05, 3.63) is 72.5 Å². The van der Waals surface area contributed by atoms with Crippen LogP contribution in [-0.2, 0) is 4.74 Å². The fourth-order valence-electron chi connectivity index (χ4n) is 2.67. The predicted octanol–water partition coefficient (Wildman–Crippen LogP) is 4.42. The van der Waals surface area contributed by atoms with Crippen LogP contribution in [-0.4, -0.2) is 23.0 Å². The molecule has 128 valence electrons. The van der Waals surface area contributed by atoms with Crippen LogP contribution in [0.1, 0.15) is 10.4 Å². The highest BCUT2D eigenvalue weighted by Gasteiger charge is 2.12. The van der Waals surface area contributed by atoms with E-state index in [4.69, 9.17) is 9.15 Å². The van der Waals surface area contributed by atoms with Crippen LogP contribution < -0.4 is 5.32 Å². The molecule has 1 N–H and O–H groups in total. The number of rotatable bonds is 4. The summed E-state index contributed by atoms with van der Waals surface area (Å²) in [6.07, 6.45) is 1.58. The van der Waals surface area contributed by atoms with Gasteiger partial charge in [-0.3, -0.25) is 0 Å². The predicted molar refractivity (Wildman–Crippen MR) is 98.3 cm³/mol. The van der Waals surface area contributed by atoms with Crippen molar-refractivity contribution >= 4 is 28.4 Å². The Kier molecular flexibility index (Phi) is 4.07. The molecule has 2 aromatic carbocycles. The number of carbonyl (C=O) groups excluding carboxylic acids is 1. The third kappa shape index (κ3) is 3.00. The van der Waals surface area contributed by atoms with Gasteiger partial charge < -0.3 is 14.5 Å². The number of hydrogen-bond donors (Lipinski definition) is 1. The van der Waals surface area contributed by atoms with Gasteiger partial charge in [0.15, 0.2) is 11.6 Å². The number of anilines is 2. The van der Waals surface area contributed by atoms with E-state index in [2.05, 4.69) is 15.3 Å². The number of hydrogen-bond acceptors (Lipinski definition) is 6. The Morgan fingerprint density at radius 3 is 2.73 bits per heavy atom. The van der Waals surface area contributed by atoms with E-state index in [-0.39, 0.29) is 0 Å². The van der Waals surface area contributed by atoms with Gasteiger partial charge in [-0.1, -0.05) is 18.2 Å². The highest BCUT2D eigenvalue weighted by Crippen LogP contribution is 2.27. The molecule has 0 radical (unpaired) electrons. The average Bonchev–Trinajstić information content (AvgIpc) is 3.22. The zero-order valence-electron chi connectivity index (χ0n) is 14.0. The molecule has 4 aromatic rings. The number of benzene rings is 2. The number of furan rings is 1. The van der Waals surface area contributed by atoms with E-state index in [0.29, 0.717) is 23.0 Å². The van der Waals surface area contributed by atoms with Crippen molar-refractivity contribution < 1.29 is 13.9 Å². The second kappa shape index (κ2) is 6.68. The van der Waals surface area contributed by atoms with E-state index in [1.807, 2.05) is 36.4 Å². The van der Waals surface area contributed by atoms with Crippen molar-refractivity contribution in [1.29, 1.82) is 0 Å². The maximum absolute atomic E-state index is 11.8. The first kappa shape index (κ1) is 15.8. The zero-order valence-corrected chi connectivity index (χ0v) is 14.0. The topological polar surface area (TPSA) is 77.2 Å². The highest BCUT2D eigenvalue weighted by molar-refractivity contribution is 5.93. The Labute approximate surface area is 149 Å². The fourth-order valence-corrected chi connectivity index (χ4v) is 2.67. The van der Waals surface area contributed by atoms with Crippen molar-refractivity contribution in [3.8, 4) is 11.6 Å². The third-order valence-electron chi connectivity index (χ3n) is 3.89. The monoisotopic (exact) mass is 345 g/mol. The molecule has 0 amide bonds. The van der Waals surface area contributed by atoms with Gasteiger partial charge in [-0.2, -0.15) is 0 Å². The lowest BCUT2D eigenvalue weighted by Crippen LogP contribution is -2.03. The highest BCUT2D eigenvalue weighted by atomic mass is 16.5. The Bertz CT molecular complexity index is 1070. The second-order valence-corrected chi connectivity index (χ2v) is 5.59. The fraction of sp³-hybridized carbons (Fsp3) is 0.0500. The first-order valence-electron chi connectivity index (χ1n) is 8.00. The SMILES string of the molecule is COC(=O)c1cccc(Nc2nc(-c3ccco3)nc3ccccc23)c1. The minimum absolute atomic E-state index is 0.391. The average molecular weight is 345 g/mol. The van der Waals surface area contributed by atoms with Crippen molar-refractivity contribution in [2.75, 3.05) is 12.4 Å². The molecule has 0 spiro atoms. The Hall–Kier alpha value is -3.67. The lowest BCUT2D eigenvalue weighted by atomic mass is 10.2. The van der Waals surface area contributed by atoms with Crippen molar-refractivity contribution in [2.45, 2.75) is 0 Å². The zero-order chi connectivity index (χ0) is 17.9. The number of nitrogens with zero attached hydrogens (tertiary/aromatic N) is 2. The van der Waals surface area contributed by atoms with Gasteiger partial charge in [0.25, 0.3) is 0 Å². The van der Waals surface area contributed by atoms with Crippen molar-refractivity contribution in [2.24, 2.45) is 0 Å². The number of fused-ring (bicyclic) bond motifs is 1.